The molecule has 0 saturated heterocycles. The lowest BCUT2D eigenvalue weighted by molar-refractivity contribution is 0.612. The van der Waals surface area contributed by atoms with Crippen molar-refractivity contribution in [3.05, 3.63) is 33.5 Å². The molecule has 0 aliphatic heterocycles. The van der Waals surface area contributed by atoms with E-state index in [0.29, 0.717) is 5.02 Å². The van der Waals surface area contributed by atoms with Crippen molar-refractivity contribution in [3.8, 4) is 11.3 Å². The standard InChI is InChI=1S/C15H19BrClN3/c1-3-5-8-20-13(4-2)19-14(15(20)18)10-6-7-12(17)11(16)9-10/h6-7,9H,3-5,8,18H2,1-2H3. The molecular formula is C15H19BrClN3. The summed E-state index contributed by atoms with van der Waals surface area (Å²) in [6.45, 7) is 5.20. The number of unbranched alkanes of at least 4 members (excludes halogenated alkanes) is 1. The second-order valence-electron chi connectivity index (χ2n) is 4.75. The van der Waals surface area contributed by atoms with E-state index in [1.165, 1.54) is 0 Å². The highest BCUT2D eigenvalue weighted by atomic mass is 79.9. The molecule has 5 heteroatoms. The Morgan fingerprint density at radius 1 is 1.35 bits per heavy atom. The summed E-state index contributed by atoms with van der Waals surface area (Å²) in [5, 5.41) is 0.688. The van der Waals surface area contributed by atoms with E-state index in [1.54, 1.807) is 0 Å². The molecule has 1 aromatic heterocycles. The Bertz CT molecular complexity index is 607. The molecule has 0 amide bonds. The molecule has 1 heterocycles. The number of rotatable bonds is 5. The van der Waals surface area contributed by atoms with Crippen LogP contribution in [0, 0.1) is 0 Å². The minimum absolute atomic E-state index is 0.688. The van der Waals surface area contributed by atoms with Gasteiger partial charge >= 0.3 is 0 Å². The van der Waals surface area contributed by atoms with Crippen LogP contribution < -0.4 is 5.73 Å². The van der Waals surface area contributed by atoms with E-state index >= 15 is 0 Å². The smallest absolute Gasteiger partial charge is 0.131 e. The van der Waals surface area contributed by atoms with Gasteiger partial charge in [-0.1, -0.05) is 37.9 Å². The molecule has 2 rings (SSSR count). The maximum atomic E-state index is 6.29. The Morgan fingerprint density at radius 3 is 2.70 bits per heavy atom. The number of nitrogens with zero attached hydrogens (tertiary/aromatic N) is 2. The number of nitrogens with two attached hydrogens (primary N) is 1. The number of aromatic nitrogens is 2. The Balaban J connectivity index is 2.46. The number of hydrogen-bond acceptors (Lipinski definition) is 2. The molecule has 0 aliphatic carbocycles. The van der Waals surface area contributed by atoms with Crippen LogP contribution in [0.4, 0.5) is 5.82 Å². The number of nitrogen functional groups attached to an aromatic ring is 1. The van der Waals surface area contributed by atoms with Gasteiger partial charge in [-0.05, 0) is 34.5 Å². The van der Waals surface area contributed by atoms with Crippen molar-refractivity contribution < 1.29 is 0 Å². The number of imidazole rings is 1. The number of halogens is 2. The topological polar surface area (TPSA) is 43.8 Å². The molecule has 20 heavy (non-hydrogen) atoms. The average molecular weight is 357 g/mol. The van der Waals surface area contributed by atoms with Crippen molar-refractivity contribution in [1.82, 2.24) is 9.55 Å². The van der Waals surface area contributed by atoms with E-state index in [4.69, 9.17) is 22.3 Å². The first kappa shape index (κ1) is 15.4. The molecule has 3 nitrogen and oxygen atoms in total. The number of anilines is 1. The fourth-order valence-electron chi connectivity index (χ4n) is 2.21. The molecule has 0 aliphatic rings. The second-order valence-corrected chi connectivity index (χ2v) is 6.01. The van der Waals surface area contributed by atoms with Crippen LogP contribution in [0.15, 0.2) is 22.7 Å². The maximum Gasteiger partial charge on any atom is 0.131 e. The molecule has 108 valence electrons. The highest BCUT2D eigenvalue weighted by Gasteiger charge is 2.15. The molecule has 2 aromatic rings. The van der Waals surface area contributed by atoms with Gasteiger partial charge in [0.15, 0.2) is 0 Å². The van der Waals surface area contributed by atoms with Crippen molar-refractivity contribution in [1.29, 1.82) is 0 Å². The van der Waals surface area contributed by atoms with E-state index in [2.05, 4.69) is 34.3 Å². The quantitative estimate of drug-likeness (QED) is 0.827. The summed E-state index contributed by atoms with van der Waals surface area (Å²) in [5.41, 5.74) is 8.13. The lowest BCUT2D eigenvalue weighted by atomic mass is 10.1. The Morgan fingerprint density at radius 2 is 2.10 bits per heavy atom. The predicted molar refractivity (Wildman–Crippen MR) is 89.1 cm³/mol. The van der Waals surface area contributed by atoms with Crippen LogP contribution in [0.25, 0.3) is 11.3 Å². The third kappa shape index (κ3) is 3.01. The van der Waals surface area contributed by atoms with Gasteiger partial charge < -0.3 is 10.3 Å². The van der Waals surface area contributed by atoms with E-state index in [9.17, 15) is 0 Å². The molecular weight excluding hydrogens is 338 g/mol. The van der Waals surface area contributed by atoms with E-state index in [1.807, 2.05) is 18.2 Å². The number of hydrogen-bond donors (Lipinski definition) is 1. The molecule has 0 spiro atoms. The molecule has 1 aromatic carbocycles. The highest BCUT2D eigenvalue weighted by Crippen LogP contribution is 2.32. The first-order valence-electron chi connectivity index (χ1n) is 6.88. The van der Waals surface area contributed by atoms with Crippen LogP contribution in [0.2, 0.25) is 5.02 Å². The van der Waals surface area contributed by atoms with E-state index < -0.39 is 0 Å². The Kier molecular flexibility index (Phi) is 5.11. The van der Waals surface area contributed by atoms with Gasteiger partial charge in [0.2, 0.25) is 0 Å². The largest absolute Gasteiger partial charge is 0.383 e. The van der Waals surface area contributed by atoms with Crippen molar-refractivity contribution >= 4 is 33.3 Å². The van der Waals surface area contributed by atoms with Gasteiger partial charge in [0, 0.05) is 23.0 Å². The Labute approximate surface area is 133 Å². The zero-order valence-corrected chi connectivity index (χ0v) is 14.1. The molecule has 2 N–H and O–H groups in total. The highest BCUT2D eigenvalue weighted by molar-refractivity contribution is 9.10. The zero-order chi connectivity index (χ0) is 14.7. The van der Waals surface area contributed by atoms with Crippen molar-refractivity contribution in [2.45, 2.75) is 39.7 Å². The number of benzene rings is 1. The fourth-order valence-corrected chi connectivity index (χ4v) is 2.70. The van der Waals surface area contributed by atoms with Crippen LogP contribution in [0.5, 0.6) is 0 Å². The zero-order valence-electron chi connectivity index (χ0n) is 11.8. The van der Waals surface area contributed by atoms with Gasteiger partial charge in [-0.15, -0.1) is 0 Å². The van der Waals surface area contributed by atoms with Crippen molar-refractivity contribution in [3.63, 3.8) is 0 Å². The van der Waals surface area contributed by atoms with E-state index in [0.717, 1.165) is 53.2 Å². The lowest BCUT2D eigenvalue weighted by Crippen LogP contribution is -2.06. The first-order valence-corrected chi connectivity index (χ1v) is 8.05. The monoisotopic (exact) mass is 355 g/mol. The molecule has 0 saturated carbocycles. The van der Waals surface area contributed by atoms with Gasteiger partial charge in [-0.2, -0.15) is 0 Å². The van der Waals surface area contributed by atoms with Crippen LogP contribution in [-0.4, -0.2) is 9.55 Å². The normalized spacial score (nSPS) is 11.0. The van der Waals surface area contributed by atoms with Crippen molar-refractivity contribution in [2.24, 2.45) is 0 Å². The van der Waals surface area contributed by atoms with Gasteiger partial charge in [-0.3, -0.25) is 0 Å². The summed E-state index contributed by atoms with van der Waals surface area (Å²) >= 11 is 9.48. The molecule has 0 unspecified atom stereocenters. The summed E-state index contributed by atoms with van der Waals surface area (Å²) in [6, 6.07) is 5.77. The minimum atomic E-state index is 0.688. The van der Waals surface area contributed by atoms with Crippen LogP contribution in [0.1, 0.15) is 32.5 Å². The summed E-state index contributed by atoms with van der Waals surface area (Å²) in [6.07, 6.45) is 3.13. The van der Waals surface area contributed by atoms with Gasteiger partial charge in [-0.25, -0.2) is 4.98 Å². The summed E-state index contributed by atoms with van der Waals surface area (Å²) in [7, 11) is 0. The molecule has 0 fully saturated rings. The van der Waals surface area contributed by atoms with Gasteiger partial charge in [0.1, 0.15) is 17.3 Å². The van der Waals surface area contributed by atoms with E-state index in [-0.39, 0.29) is 0 Å². The van der Waals surface area contributed by atoms with Crippen LogP contribution >= 0.6 is 27.5 Å². The number of aryl methyl sites for hydroxylation is 1. The summed E-state index contributed by atoms with van der Waals surface area (Å²) in [4.78, 5) is 4.70. The second kappa shape index (κ2) is 6.64. The molecule has 0 radical (unpaired) electrons. The summed E-state index contributed by atoms with van der Waals surface area (Å²) in [5.74, 6) is 1.78. The Hall–Kier alpha value is -1.00. The van der Waals surface area contributed by atoms with Crippen LogP contribution in [-0.2, 0) is 13.0 Å². The fraction of sp³-hybridized carbons (Fsp3) is 0.400. The van der Waals surface area contributed by atoms with Crippen LogP contribution in [0.3, 0.4) is 0 Å². The lowest BCUT2D eigenvalue weighted by Gasteiger charge is -2.08. The molecule has 0 bridgehead atoms. The third-order valence-corrected chi connectivity index (χ3v) is 4.54. The summed E-state index contributed by atoms with van der Waals surface area (Å²) < 4.78 is 2.98. The maximum absolute atomic E-state index is 6.29. The third-order valence-electron chi connectivity index (χ3n) is 3.33. The van der Waals surface area contributed by atoms with Gasteiger partial charge in [0.05, 0.1) is 5.02 Å². The minimum Gasteiger partial charge on any atom is -0.383 e. The molecule has 0 atom stereocenters. The average Bonchev–Trinajstić information content (AvgIpc) is 2.76. The predicted octanol–water partition coefficient (Wildman–Crippen LogP) is 4.91. The SMILES string of the molecule is CCCCn1c(CC)nc(-c2ccc(Cl)c(Br)c2)c1N. The first-order chi connectivity index (χ1) is 9.58. The van der Waals surface area contributed by atoms with Gasteiger partial charge in [0.25, 0.3) is 0 Å². The van der Waals surface area contributed by atoms with Crippen molar-refractivity contribution in [2.75, 3.05) is 5.73 Å².